The third-order valence-corrected chi connectivity index (χ3v) is 4.96. The van der Waals surface area contributed by atoms with E-state index in [9.17, 15) is 22.8 Å². The number of aromatic nitrogens is 1. The van der Waals surface area contributed by atoms with Gasteiger partial charge in [-0.05, 0) is 18.6 Å². The molecule has 1 aliphatic rings. The summed E-state index contributed by atoms with van der Waals surface area (Å²) in [4.78, 5) is 25.3. The number of hydrogen-bond acceptors (Lipinski definition) is 4. The molecule has 0 saturated carbocycles. The molecule has 2 aromatic rings. The highest BCUT2D eigenvalue weighted by Gasteiger charge is 2.25. The SMILES string of the molecule is Cc1sc(C(=O)Nc2cc(F)c(=O)n(CC(F)F)c2)cc1C1COC1. The number of rotatable bonds is 5. The van der Waals surface area contributed by atoms with E-state index in [1.807, 2.05) is 6.92 Å². The standard InChI is InChI=1S/C16H15F3N2O3S/c1-8-11(9-6-24-7-9)3-13(25-8)15(22)20-10-2-12(17)16(23)21(4-10)5-14(18)19/h2-4,9,14H,5-7H2,1H3,(H,20,22). The summed E-state index contributed by atoms with van der Waals surface area (Å²) in [6, 6.07) is 2.58. The molecule has 3 heterocycles. The number of anilines is 1. The lowest BCUT2D eigenvalue weighted by atomic mass is 9.98. The number of nitrogens with one attached hydrogen (secondary N) is 1. The Morgan fingerprint density at radius 3 is 2.76 bits per heavy atom. The van der Waals surface area contributed by atoms with Crippen LogP contribution in [0, 0.1) is 12.7 Å². The zero-order valence-corrected chi connectivity index (χ0v) is 14.0. The number of pyridine rings is 1. The summed E-state index contributed by atoms with van der Waals surface area (Å²) < 4.78 is 44.3. The summed E-state index contributed by atoms with van der Waals surface area (Å²) in [5, 5.41) is 2.45. The van der Waals surface area contributed by atoms with Crippen molar-refractivity contribution in [3.05, 3.63) is 49.8 Å². The van der Waals surface area contributed by atoms with Gasteiger partial charge in [-0.1, -0.05) is 0 Å². The third-order valence-electron chi connectivity index (χ3n) is 3.89. The molecule has 1 saturated heterocycles. The van der Waals surface area contributed by atoms with E-state index in [4.69, 9.17) is 4.74 Å². The van der Waals surface area contributed by atoms with E-state index in [0.717, 1.165) is 22.7 Å². The molecule has 1 N–H and O–H groups in total. The average Bonchev–Trinajstić information content (AvgIpc) is 2.84. The fraction of sp³-hybridized carbons (Fsp3) is 0.375. The predicted octanol–water partition coefficient (Wildman–Crippen LogP) is 2.99. The maximum Gasteiger partial charge on any atom is 0.286 e. The molecule has 0 radical (unpaired) electrons. The first-order chi connectivity index (χ1) is 11.8. The Morgan fingerprint density at radius 2 is 2.16 bits per heavy atom. The van der Waals surface area contributed by atoms with Crippen molar-refractivity contribution in [2.24, 2.45) is 0 Å². The van der Waals surface area contributed by atoms with E-state index in [-0.39, 0.29) is 11.6 Å². The van der Waals surface area contributed by atoms with Crippen molar-refractivity contribution in [1.82, 2.24) is 4.57 Å². The van der Waals surface area contributed by atoms with Gasteiger partial charge in [-0.3, -0.25) is 9.59 Å². The van der Waals surface area contributed by atoms with Gasteiger partial charge in [0, 0.05) is 23.1 Å². The fourth-order valence-corrected chi connectivity index (χ4v) is 3.58. The van der Waals surface area contributed by atoms with Crippen molar-refractivity contribution >= 4 is 22.9 Å². The molecular weight excluding hydrogens is 357 g/mol. The number of carbonyl (C=O) groups is 1. The van der Waals surface area contributed by atoms with Gasteiger partial charge in [0.15, 0.2) is 5.82 Å². The fourth-order valence-electron chi connectivity index (χ4n) is 2.57. The van der Waals surface area contributed by atoms with Gasteiger partial charge in [0.1, 0.15) is 0 Å². The number of carbonyl (C=O) groups excluding carboxylic acids is 1. The zero-order valence-electron chi connectivity index (χ0n) is 13.2. The molecule has 0 atom stereocenters. The van der Waals surface area contributed by atoms with Crippen molar-refractivity contribution in [3.63, 3.8) is 0 Å². The third kappa shape index (κ3) is 3.77. The van der Waals surface area contributed by atoms with Crippen LogP contribution in [0.4, 0.5) is 18.9 Å². The van der Waals surface area contributed by atoms with Crippen LogP contribution in [0.2, 0.25) is 0 Å². The summed E-state index contributed by atoms with van der Waals surface area (Å²) in [7, 11) is 0. The van der Waals surface area contributed by atoms with Crippen LogP contribution >= 0.6 is 11.3 Å². The van der Waals surface area contributed by atoms with Crippen LogP contribution in [0.3, 0.4) is 0 Å². The lowest BCUT2D eigenvalue weighted by Gasteiger charge is -2.25. The van der Waals surface area contributed by atoms with Crippen molar-refractivity contribution in [1.29, 1.82) is 0 Å². The first-order valence-corrected chi connectivity index (χ1v) is 8.34. The monoisotopic (exact) mass is 372 g/mol. The molecule has 3 rings (SSSR count). The van der Waals surface area contributed by atoms with Crippen LogP contribution in [-0.4, -0.2) is 30.1 Å². The second-order valence-electron chi connectivity index (χ2n) is 5.74. The maximum absolute atomic E-state index is 13.6. The number of amides is 1. The van der Waals surface area contributed by atoms with Gasteiger partial charge in [0.05, 0.1) is 30.3 Å². The minimum atomic E-state index is -2.81. The maximum atomic E-state index is 13.6. The highest BCUT2D eigenvalue weighted by molar-refractivity contribution is 7.14. The molecule has 9 heteroatoms. The molecule has 0 bridgehead atoms. The second kappa shape index (κ2) is 7.01. The van der Waals surface area contributed by atoms with E-state index in [0.29, 0.717) is 22.7 Å². The first kappa shape index (κ1) is 17.7. The van der Waals surface area contributed by atoms with E-state index >= 15 is 0 Å². The van der Waals surface area contributed by atoms with E-state index in [1.54, 1.807) is 6.07 Å². The van der Waals surface area contributed by atoms with Gasteiger partial charge in [-0.25, -0.2) is 13.2 Å². The summed E-state index contributed by atoms with van der Waals surface area (Å²) in [6.45, 7) is 2.19. The lowest BCUT2D eigenvalue weighted by Crippen LogP contribution is -2.26. The van der Waals surface area contributed by atoms with Gasteiger partial charge >= 0.3 is 0 Å². The predicted molar refractivity (Wildman–Crippen MR) is 87.2 cm³/mol. The molecule has 134 valence electrons. The Kier molecular flexibility index (Phi) is 4.96. The van der Waals surface area contributed by atoms with Crippen molar-refractivity contribution in [2.45, 2.75) is 25.8 Å². The average molecular weight is 372 g/mol. The van der Waals surface area contributed by atoms with Crippen LogP contribution in [0.25, 0.3) is 0 Å². The van der Waals surface area contributed by atoms with E-state index in [1.165, 1.54) is 11.3 Å². The normalized spacial score (nSPS) is 14.6. The van der Waals surface area contributed by atoms with Gasteiger partial charge < -0.3 is 14.6 Å². The molecule has 1 amide bonds. The topological polar surface area (TPSA) is 60.3 Å². The van der Waals surface area contributed by atoms with Gasteiger partial charge in [0.2, 0.25) is 0 Å². The molecule has 1 fully saturated rings. The largest absolute Gasteiger partial charge is 0.380 e. The molecule has 0 spiro atoms. The number of nitrogens with zero attached hydrogens (tertiary/aromatic N) is 1. The molecule has 2 aromatic heterocycles. The molecule has 0 aromatic carbocycles. The molecule has 0 aliphatic carbocycles. The van der Waals surface area contributed by atoms with Crippen LogP contribution in [0.5, 0.6) is 0 Å². The van der Waals surface area contributed by atoms with Gasteiger partial charge in [-0.15, -0.1) is 11.3 Å². The minimum Gasteiger partial charge on any atom is -0.380 e. The molecular formula is C16H15F3N2O3S. The number of aryl methyl sites for hydroxylation is 1. The highest BCUT2D eigenvalue weighted by Crippen LogP contribution is 2.32. The quantitative estimate of drug-likeness (QED) is 0.878. The van der Waals surface area contributed by atoms with Crippen molar-refractivity contribution in [3.8, 4) is 0 Å². The number of alkyl halides is 2. The van der Waals surface area contributed by atoms with Crippen LogP contribution < -0.4 is 10.9 Å². The van der Waals surface area contributed by atoms with Crippen LogP contribution in [0.15, 0.2) is 23.1 Å². The molecule has 5 nitrogen and oxygen atoms in total. The molecule has 1 aliphatic heterocycles. The van der Waals surface area contributed by atoms with Gasteiger partial charge in [0.25, 0.3) is 17.9 Å². The van der Waals surface area contributed by atoms with Crippen LogP contribution in [-0.2, 0) is 11.3 Å². The summed E-state index contributed by atoms with van der Waals surface area (Å²) in [6.07, 6.45) is -1.80. The number of ether oxygens (including phenoxy) is 1. The molecule has 25 heavy (non-hydrogen) atoms. The Labute approximate surface area is 145 Å². The number of halogens is 3. The van der Waals surface area contributed by atoms with Crippen LogP contribution in [0.1, 0.15) is 26.0 Å². The zero-order chi connectivity index (χ0) is 18.1. The van der Waals surface area contributed by atoms with E-state index in [2.05, 4.69) is 5.32 Å². The Hall–Kier alpha value is -2.13. The van der Waals surface area contributed by atoms with Gasteiger partial charge in [-0.2, -0.15) is 0 Å². The van der Waals surface area contributed by atoms with E-state index < -0.39 is 30.3 Å². The van der Waals surface area contributed by atoms with Crippen molar-refractivity contribution < 1.29 is 22.7 Å². The Morgan fingerprint density at radius 1 is 1.44 bits per heavy atom. The Bertz CT molecular complexity index is 859. The minimum absolute atomic E-state index is 0.0534. The smallest absolute Gasteiger partial charge is 0.286 e. The summed E-state index contributed by atoms with van der Waals surface area (Å²) >= 11 is 1.29. The summed E-state index contributed by atoms with van der Waals surface area (Å²) in [5.41, 5.74) is -0.171. The number of thiophene rings is 1. The highest BCUT2D eigenvalue weighted by atomic mass is 32.1. The lowest BCUT2D eigenvalue weighted by molar-refractivity contribution is 0.00835. The van der Waals surface area contributed by atoms with Crippen molar-refractivity contribution in [2.75, 3.05) is 18.5 Å². The first-order valence-electron chi connectivity index (χ1n) is 7.52. The molecule has 0 unspecified atom stereocenters. The Balaban J connectivity index is 1.81. The second-order valence-corrected chi connectivity index (χ2v) is 6.99. The summed E-state index contributed by atoms with van der Waals surface area (Å²) in [5.74, 6) is -1.42. The number of hydrogen-bond donors (Lipinski definition) is 1.